The second-order valence-electron chi connectivity index (χ2n) is 6.05. The van der Waals surface area contributed by atoms with E-state index < -0.39 is 11.5 Å². The molecule has 1 aliphatic carbocycles. The van der Waals surface area contributed by atoms with Crippen LogP contribution in [0.1, 0.15) is 38.5 Å². The fraction of sp³-hybridized carbons (Fsp3) is 0.929. The number of carbonyl (C=O) groups is 1. The highest BCUT2D eigenvalue weighted by molar-refractivity contribution is 5.79. The van der Waals surface area contributed by atoms with Crippen molar-refractivity contribution in [2.24, 2.45) is 11.7 Å². The summed E-state index contributed by atoms with van der Waals surface area (Å²) in [6.07, 6.45) is 5.55. The maximum absolute atomic E-state index is 11.3. The Balaban J connectivity index is 1.82. The number of hydrogen-bond acceptors (Lipinski definition) is 4. The molecule has 1 aliphatic heterocycles. The van der Waals surface area contributed by atoms with E-state index in [9.17, 15) is 9.90 Å². The van der Waals surface area contributed by atoms with Crippen LogP contribution in [-0.2, 0) is 9.53 Å². The summed E-state index contributed by atoms with van der Waals surface area (Å²) in [5.41, 5.74) is 5.08. The number of nitrogens with two attached hydrogens (primary N) is 1. The molecule has 19 heavy (non-hydrogen) atoms. The van der Waals surface area contributed by atoms with E-state index in [2.05, 4.69) is 11.9 Å². The molecule has 0 aromatic carbocycles. The van der Waals surface area contributed by atoms with E-state index in [0.717, 1.165) is 51.9 Å². The summed E-state index contributed by atoms with van der Waals surface area (Å²) in [7, 11) is 2.13. The maximum Gasteiger partial charge on any atom is 0.323 e. The van der Waals surface area contributed by atoms with Crippen LogP contribution < -0.4 is 5.73 Å². The lowest BCUT2D eigenvalue weighted by molar-refractivity contribution is -0.144. The molecule has 0 spiro atoms. The van der Waals surface area contributed by atoms with Gasteiger partial charge in [0.05, 0.1) is 0 Å². The molecule has 3 N–H and O–H groups in total. The number of rotatable bonds is 5. The maximum atomic E-state index is 11.3. The molecule has 2 atom stereocenters. The van der Waals surface area contributed by atoms with Crippen molar-refractivity contribution < 1.29 is 14.6 Å². The number of carboxylic acid groups (broad SMARTS) is 1. The monoisotopic (exact) mass is 270 g/mol. The Morgan fingerprint density at radius 2 is 2.11 bits per heavy atom. The number of carboxylic acids is 1. The topological polar surface area (TPSA) is 75.8 Å². The predicted molar refractivity (Wildman–Crippen MR) is 73.0 cm³/mol. The highest BCUT2D eigenvalue weighted by Gasteiger charge is 2.45. The van der Waals surface area contributed by atoms with E-state index >= 15 is 0 Å². The predicted octanol–water partition coefficient (Wildman–Crippen LogP) is 1.07. The fourth-order valence-electron chi connectivity index (χ4n) is 3.45. The minimum Gasteiger partial charge on any atom is -0.480 e. The molecule has 2 fully saturated rings. The summed E-state index contributed by atoms with van der Waals surface area (Å²) in [6, 6.07) is 0.576. The van der Waals surface area contributed by atoms with Gasteiger partial charge in [-0.1, -0.05) is 6.42 Å². The lowest BCUT2D eigenvalue weighted by Gasteiger charge is -2.33. The molecule has 5 heteroatoms. The molecule has 0 aromatic heterocycles. The van der Waals surface area contributed by atoms with Gasteiger partial charge in [0.15, 0.2) is 0 Å². The molecule has 1 heterocycles. The van der Waals surface area contributed by atoms with Crippen LogP contribution in [0.2, 0.25) is 0 Å². The summed E-state index contributed by atoms with van der Waals surface area (Å²) in [5.74, 6) is -0.712. The quantitative estimate of drug-likeness (QED) is 0.781. The van der Waals surface area contributed by atoms with Crippen molar-refractivity contribution in [2.45, 2.75) is 50.1 Å². The van der Waals surface area contributed by atoms with Crippen LogP contribution in [0.3, 0.4) is 0 Å². The summed E-state index contributed by atoms with van der Waals surface area (Å²) < 4.78 is 5.37. The largest absolute Gasteiger partial charge is 0.480 e. The van der Waals surface area contributed by atoms with Gasteiger partial charge < -0.3 is 20.5 Å². The van der Waals surface area contributed by atoms with Crippen molar-refractivity contribution in [3.8, 4) is 0 Å². The van der Waals surface area contributed by atoms with Gasteiger partial charge in [-0.25, -0.2) is 0 Å². The van der Waals surface area contributed by atoms with Gasteiger partial charge in [-0.05, 0) is 51.6 Å². The fourth-order valence-corrected chi connectivity index (χ4v) is 3.45. The highest BCUT2D eigenvalue weighted by Crippen LogP contribution is 2.36. The van der Waals surface area contributed by atoms with Crippen LogP contribution in [0.5, 0.6) is 0 Å². The van der Waals surface area contributed by atoms with E-state index in [1.54, 1.807) is 0 Å². The van der Waals surface area contributed by atoms with E-state index in [-0.39, 0.29) is 5.92 Å². The van der Waals surface area contributed by atoms with E-state index in [1.165, 1.54) is 0 Å². The Labute approximate surface area is 115 Å². The average Bonchev–Trinajstić information content (AvgIpc) is 2.80. The molecule has 0 aromatic rings. The Kier molecular flexibility index (Phi) is 4.81. The van der Waals surface area contributed by atoms with Crippen LogP contribution >= 0.6 is 0 Å². The van der Waals surface area contributed by atoms with Gasteiger partial charge in [-0.3, -0.25) is 4.79 Å². The second kappa shape index (κ2) is 6.20. The van der Waals surface area contributed by atoms with E-state index in [0.29, 0.717) is 12.5 Å². The Morgan fingerprint density at radius 1 is 1.42 bits per heavy atom. The number of hydrogen-bond donors (Lipinski definition) is 2. The minimum absolute atomic E-state index is 0.118. The van der Waals surface area contributed by atoms with Crippen molar-refractivity contribution >= 4 is 5.97 Å². The average molecular weight is 270 g/mol. The molecular formula is C14H26N2O3. The van der Waals surface area contributed by atoms with Crippen molar-refractivity contribution in [3.63, 3.8) is 0 Å². The third-order valence-corrected chi connectivity index (χ3v) is 4.91. The molecule has 1 saturated carbocycles. The SMILES string of the molecule is CN(CCC1CCCC1(N)C(=O)O)C1CCOCC1. The highest BCUT2D eigenvalue weighted by atomic mass is 16.5. The van der Waals surface area contributed by atoms with Gasteiger partial charge in [0.2, 0.25) is 0 Å². The standard InChI is InChI=1S/C14H26N2O3/c1-16(12-5-9-19-10-6-12)8-4-11-3-2-7-14(11,15)13(17)18/h11-12H,2-10,15H2,1H3,(H,17,18). The molecule has 0 bridgehead atoms. The zero-order valence-corrected chi connectivity index (χ0v) is 11.8. The van der Waals surface area contributed by atoms with Gasteiger partial charge >= 0.3 is 5.97 Å². The van der Waals surface area contributed by atoms with Crippen molar-refractivity contribution in [2.75, 3.05) is 26.8 Å². The van der Waals surface area contributed by atoms with Crippen LogP contribution in [0.4, 0.5) is 0 Å². The van der Waals surface area contributed by atoms with Gasteiger partial charge in [0.25, 0.3) is 0 Å². The number of ether oxygens (including phenoxy) is 1. The molecule has 1 saturated heterocycles. The first-order valence-corrected chi connectivity index (χ1v) is 7.34. The number of nitrogens with zero attached hydrogens (tertiary/aromatic N) is 1. The minimum atomic E-state index is -0.990. The van der Waals surface area contributed by atoms with Gasteiger partial charge in [0.1, 0.15) is 5.54 Å². The van der Waals surface area contributed by atoms with Crippen molar-refractivity contribution in [1.29, 1.82) is 0 Å². The first-order valence-electron chi connectivity index (χ1n) is 7.34. The lowest BCUT2D eigenvalue weighted by Crippen LogP contribution is -2.51. The van der Waals surface area contributed by atoms with Crippen LogP contribution in [0, 0.1) is 5.92 Å². The zero-order valence-electron chi connectivity index (χ0n) is 11.8. The van der Waals surface area contributed by atoms with Crippen molar-refractivity contribution in [1.82, 2.24) is 4.90 Å². The third-order valence-electron chi connectivity index (χ3n) is 4.91. The molecule has 110 valence electrons. The molecule has 0 radical (unpaired) electrons. The lowest BCUT2D eigenvalue weighted by atomic mass is 9.85. The summed E-state index contributed by atoms with van der Waals surface area (Å²) in [6.45, 7) is 2.62. The Bertz CT molecular complexity index is 318. The van der Waals surface area contributed by atoms with Crippen LogP contribution in [0.25, 0.3) is 0 Å². The van der Waals surface area contributed by atoms with Gasteiger partial charge in [-0.15, -0.1) is 0 Å². The Morgan fingerprint density at radius 3 is 2.74 bits per heavy atom. The molecule has 0 amide bonds. The molecular weight excluding hydrogens is 244 g/mol. The van der Waals surface area contributed by atoms with Crippen molar-refractivity contribution in [3.05, 3.63) is 0 Å². The smallest absolute Gasteiger partial charge is 0.323 e. The van der Waals surface area contributed by atoms with Gasteiger partial charge in [-0.2, -0.15) is 0 Å². The number of aliphatic carboxylic acids is 1. The summed E-state index contributed by atoms with van der Waals surface area (Å²) >= 11 is 0. The zero-order chi connectivity index (χ0) is 13.9. The van der Waals surface area contributed by atoms with Crippen LogP contribution in [-0.4, -0.2) is 54.4 Å². The summed E-state index contributed by atoms with van der Waals surface area (Å²) in [5, 5.41) is 9.30. The van der Waals surface area contributed by atoms with Gasteiger partial charge in [0, 0.05) is 19.3 Å². The molecule has 5 nitrogen and oxygen atoms in total. The van der Waals surface area contributed by atoms with E-state index in [4.69, 9.17) is 10.5 Å². The molecule has 2 rings (SSSR count). The third kappa shape index (κ3) is 3.27. The Hall–Kier alpha value is -0.650. The van der Waals surface area contributed by atoms with E-state index in [1.807, 2.05) is 0 Å². The second-order valence-corrected chi connectivity index (χ2v) is 6.05. The summed E-state index contributed by atoms with van der Waals surface area (Å²) in [4.78, 5) is 13.7. The first kappa shape index (κ1) is 14.8. The first-order chi connectivity index (χ1) is 9.04. The molecule has 2 aliphatic rings. The van der Waals surface area contributed by atoms with Crippen LogP contribution in [0.15, 0.2) is 0 Å². The normalized spacial score (nSPS) is 32.9. The molecule has 2 unspecified atom stereocenters.